The molecule has 16 heavy (non-hydrogen) atoms. The number of ether oxygens (including phenoxy) is 1. The lowest BCUT2D eigenvalue weighted by atomic mass is 10.0. The van der Waals surface area contributed by atoms with Gasteiger partial charge in [-0.2, -0.15) is 5.26 Å². The summed E-state index contributed by atoms with van der Waals surface area (Å²) in [4.78, 5) is 0. The summed E-state index contributed by atoms with van der Waals surface area (Å²) in [6.45, 7) is 4.33. The molecule has 1 unspecified atom stereocenters. The maximum absolute atomic E-state index is 8.92. The number of benzene rings is 1. The van der Waals surface area contributed by atoms with Crippen LogP contribution in [-0.4, -0.2) is 12.1 Å². The lowest BCUT2D eigenvalue weighted by Gasteiger charge is -2.23. The number of nitriles is 1. The van der Waals surface area contributed by atoms with Gasteiger partial charge in [0.2, 0.25) is 0 Å². The van der Waals surface area contributed by atoms with Crippen molar-refractivity contribution >= 4 is 15.9 Å². The highest BCUT2D eigenvalue weighted by Crippen LogP contribution is 2.24. The minimum absolute atomic E-state index is 0.366. The fourth-order valence-corrected chi connectivity index (χ4v) is 1.39. The number of hydrogen-bond acceptors (Lipinski definition) is 3. The average Bonchev–Trinajstić information content (AvgIpc) is 2.27. The molecule has 0 aliphatic rings. The van der Waals surface area contributed by atoms with Crippen LogP contribution in [0.1, 0.15) is 25.8 Å². The monoisotopic (exact) mass is 282 g/mol. The summed E-state index contributed by atoms with van der Waals surface area (Å²) >= 11 is 3.34. The minimum atomic E-state index is -0.366. The first-order chi connectivity index (χ1) is 7.48. The van der Waals surface area contributed by atoms with E-state index in [2.05, 4.69) is 22.0 Å². The Morgan fingerprint density at radius 2 is 2.25 bits per heavy atom. The molecule has 0 heterocycles. The second kappa shape index (κ2) is 5.33. The minimum Gasteiger partial charge on any atom is -0.490 e. The van der Waals surface area contributed by atoms with Gasteiger partial charge in [-0.1, -0.05) is 22.9 Å². The second-order valence-electron chi connectivity index (χ2n) is 4.05. The van der Waals surface area contributed by atoms with Gasteiger partial charge >= 0.3 is 0 Å². The predicted molar refractivity (Wildman–Crippen MR) is 67.2 cm³/mol. The maximum atomic E-state index is 8.92. The van der Waals surface area contributed by atoms with Crippen molar-refractivity contribution in [2.75, 3.05) is 6.61 Å². The zero-order valence-corrected chi connectivity index (χ0v) is 11.0. The van der Waals surface area contributed by atoms with Crippen molar-refractivity contribution in [1.82, 2.24) is 0 Å². The maximum Gasteiger partial charge on any atom is 0.138 e. The number of nitrogens with zero attached hydrogens (tertiary/aromatic N) is 1. The molecular weight excluding hydrogens is 268 g/mol. The first-order valence-corrected chi connectivity index (χ1v) is 5.89. The molecule has 0 saturated heterocycles. The van der Waals surface area contributed by atoms with Crippen LogP contribution in [0.2, 0.25) is 0 Å². The predicted octanol–water partition coefficient (Wildman–Crippen LogP) is 2.83. The van der Waals surface area contributed by atoms with Gasteiger partial charge in [0.1, 0.15) is 18.4 Å². The third-order valence-corrected chi connectivity index (χ3v) is 2.92. The van der Waals surface area contributed by atoms with Crippen LogP contribution in [0.4, 0.5) is 0 Å². The van der Waals surface area contributed by atoms with Crippen molar-refractivity contribution in [1.29, 1.82) is 5.26 Å². The van der Waals surface area contributed by atoms with Gasteiger partial charge < -0.3 is 10.5 Å². The van der Waals surface area contributed by atoms with Crippen LogP contribution in [0.25, 0.3) is 0 Å². The highest BCUT2D eigenvalue weighted by atomic mass is 79.9. The SMILES string of the molecule is CCC(C)(N)COc1cc(Br)ccc1C#N. The first-order valence-electron chi connectivity index (χ1n) is 5.10. The van der Waals surface area contributed by atoms with E-state index < -0.39 is 0 Å². The van der Waals surface area contributed by atoms with E-state index in [1.807, 2.05) is 19.9 Å². The van der Waals surface area contributed by atoms with E-state index in [1.165, 1.54) is 0 Å². The Morgan fingerprint density at radius 1 is 1.56 bits per heavy atom. The Hall–Kier alpha value is -1.05. The lowest BCUT2D eigenvalue weighted by Crippen LogP contribution is -2.41. The fourth-order valence-electron chi connectivity index (χ4n) is 1.05. The molecule has 0 radical (unpaired) electrons. The van der Waals surface area contributed by atoms with Crippen molar-refractivity contribution in [3.05, 3.63) is 28.2 Å². The molecule has 0 aliphatic carbocycles. The highest BCUT2D eigenvalue weighted by Gasteiger charge is 2.17. The molecular formula is C12H15BrN2O. The van der Waals surface area contributed by atoms with E-state index in [9.17, 15) is 0 Å². The molecule has 3 nitrogen and oxygen atoms in total. The van der Waals surface area contributed by atoms with Gasteiger partial charge in [0.15, 0.2) is 0 Å². The molecule has 1 aromatic carbocycles. The summed E-state index contributed by atoms with van der Waals surface area (Å²) in [5, 5.41) is 8.92. The molecule has 0 aromatic heterocycles. The van der Waals surface area contributed by atoms with Crippen LogP contribution in [0.3, 0.4) is 0 Å². The van der Waals surface area contributed by atoms with Crippen LogP contribution in [-0.2, 0) is 0 Å². The largest absolute Gasteiger partial charge is 0.490 e. The van der Waals surface area contributed by atoms with Gasteiger partial charge in [0.05, 0.1) is 5.56 Å². The lowest BCUT2D eigenvalue weighted by molar-refractivity contribution is 0.225. The van der Waals surface area contributed by atoms with Gasteiger partial charge in [0, 0.05) is 10.0 Å². The van der Waals surface area contributed by atoms with Gasteiger partial charge in [-0.15, -0.1) is 0 Å². The molecule has 4 heteroatoms. The zero-order valence-electron chi connectivity index (χ0n) is 9.46. The van der Waals surface area contributed by atoms with E-state index in [4.69, 9.17) is 15.7 Å². The van der Waals surface area contributed by atoms with Crippen LogP contribution < -0.4 is 10.5 Å². The van der Waals surface area contributed by atoms with E-state index >= 15 is 0 Å². The van der Waals surface area contributed by atoms with Crippen molar-refractivity contribution in [3.63, 3.8) is 0 Å². The van der Waals surface area contributed by atoms with Crippen molar-refractivity contribution in [2.45, 2.75) is 25.8 Å². The van der Waals surface area contributed by atoms with Gasteiger partial charge in [-0.25, -0.2) is 0 Å². The van der Waals surface area contributed by atoms with Crippen LogP contribution in [0, 0.1) is 11.3 Å². The molecule has 86 valence electrons. The van der Waals surface area contributed by atoms with E-state index in [-0.39, 0.29) is 5.54 Å². The molecule has 1 rings (SSSR count). The number of hydrogen-bond donors (Lipinski definition) is 1. The van der Waals surface area contributed by atoms with Crippen LogP contribution in [0.5, 0.6) is 5.75 Å². The smallest absolute Gasteiger partial charge is 0.138 e. The summed E-state index contributed by atoms with van der Waals surface area (Å²) in [5.74, 6) is 0.571. The Kier molecular flexibility index (Phi) is 4.34. The molecule has 0 aliphatic heterocycles. The number of halogens is 1. The summed E-state index contributed by atoms with van der Waals surface area (Å²) in [5.41, 5.74) is 6.13. The third kappa shape index (κ3) is 3.51. The molecule has 0 fully saturated rings. The van der Waals surface area contributed by atoms with E-state index in [1.54, 1.807) is 12.1 Å². The van der Waals surface area contributed by atoms with E-state index in [0.717, 1.165) is 10.9 Å². The molecule has 0 spiro atoms. The Balaban J connectivity index is 2.81. The van der Waals surface area contributed by atoms with Crippen molar-refractivity contribution < 1.29 is 4.74 Å². The first kappa shape index (κ1) is 13.0. The second-order valence-corrected chi connectivity index (χ2v) is 4.96. The quantitative estimate of drug-likeness (QED) is 0.924. The summed E-state index contributed by atoms with van der Waals surface area (Å²) in [7, 11) is 0. The van der Waals surface area contributed by atoms with E-state index in [0.29, 0.717) is 17.9 Å². The molecule has 0 amide bonds. The van der Waals surface area contributed by atoms with Gasteiger partial charge in [0.25, 0.3) is 0 Å². The fraction of sp³-hybridized carbons (Fsp3) is 0.417. The summed E-state index contributed by atoms with van der Waals surface area (Å²) < 4.78 is 6.47. The molecule has 0 saturated carbocycles. The van der Waals surface area contributed by atoms with Gasteiger partial charge in [-0.05, 0) is 31.5 Å². The van der Waals surface area contributed by atoms with Crippen molar-refractivity contribution in [2.24, 2.45) is 5.73 Å². The third-order valence-electron chi connectivity index (χ3n) is 2.43. The Bertz CT molecular complexity index is 410. The highest BCUT2D eigenvalue weighted by molar-refractivity contribution is 9.10. The molecule has 1 aromatic rings. The van der Waals surface area contributed by atoms with Crippen LogP contribution >= 0.6 is 15.9 Å². The summed E-state index contributed by atoms with van der Waals surface area (Å²) in [6, 6.07) is 7.41. The number of rotatable bonds is 4. The zero-order chi connectivity index (χ0) is 12.2. The molecule has 0 bridgehead atoms. The molecule has 2 N–H and O–H groups in total. The van der Waals surface area contributed by atoms with Crippen LogP contribution in [0.15, 0.2) is 22.7 Å². The normalized spacial score (nSPS) is 13.9. The number of nitrogens with two attached hydrogens (primary N) is 1. The standard InChI is InChI=1S/C12H15BrN2O/c1-3-12(2,15)8-16-11-6-10(13)5-4-9(11)7-14/h4-6H,3,8,15H2,1-2H3. The summed E-state index contributed by atoms with van der Waals surface area (Å²) in [6.07, 6.45) is 0.822. The topological polar surface area (TPSA) is 59.0 Å². The van der Waals surface area contributed by atoms with Crippen molar-refractivity contribution in [3.8, 4) is 11.8 Å². The molecule has 1 atom stereocenters. The Morgan fingerprint density at radius 3 is 2.81 bits per heavy atom. The Labute approximate surface area is 104 Å². The average molecular weight is 283 g/mol. The van der Waals surface area contributed by atoms with Gasteiger partial charge in [-0.3, -0.25) is 0 Å².